The molecule has 1 aromatic carbocycles. The number of nitrogens with two attached hydrogens (primary N) is 2. The molecule has 1 amide bonds. The second-order valence-electron chi connectivity index (χ2n) is 5.50. The number of hydrogen-bond donors (Lipinski definition) is 2. The van der Waals surface area contributed by atoms with E-state index in [1.807, 2.05) is 0 Å². The number of unbranched alkanes of at least 4 members (excludes halogenated alkanes) is 2. The minimum absolute atomic E-state index is 0.267. The summed E-state index contributed by atoms with van der Waals surface area (Å²) in [7, 11) is -3.93. The molecule has 0 heterocycles. The molecule has 4 N–H and O–H groups in total. The molecule has 0 saturated heterocycles. The largest absolute Gasteiger partial charge is 0.445 e. The third kappa shape index (κ3) is 7.30. The average Bonchev–Trinajstić information content (AvgIpc) is 2.50. The Kier molecular flexibility index (Phi) is 7.68. The van der Waals surface area contributed by atoms with Crippen molar-refractivity contribution in [3.05, 3.63) is 29.8 Å². The SMILES string of the molecule is NCCCCCC(CS(=O)(=O)c1ccc(C(F)(F)F)cc1)OC(N)=O. The van der Waals surface area contributed by atoms with Gasteiger partial charge in [0.15, 0.2) is 9.84 Å². The van der Waals surface area contributed by atoms with Crippen molar-refractivity contribution in [2.75, 3.05) is 12.3 Å². The highest BCUT2D eigenvalue weighted by atomic mass is 32.2. The van der Waals surface area contributed by atoms with Crippen molar-refractivity contribution in [2.45, 2.75) is 42.9 Å². The van der Waals surface area contributed by atoms with E-state index in [2.05, 4.69) is 0 Å². The number of carbonyl (C=O) groups is 1. The third-order valence-corrected chi connectivity index (χ3v) is 5.26. The summed E-state index contributed by atoms with van der Waals surface area (Å²) in [5.74, 6) is -0.552. The number of rotatable bonds is 9. The van der Waals surface area contributed by atoms with Gasteiger partial charge < -0.3 is 16.2 Å². The van der Waals surface area contributed by atoms with Crippen molar-refractivity contribution in [3.63, 3.8) is 0 Å². The standard InChI is InChI=1S/C15H21F3N2O4S/c16-15(17,18)11-5-7-13(8-6-11)25(22,23)10-12(24-14(20)21)4-2-1-3-9-19/h5-8,12H,1-4,9-10,19H2,(H2,20,21). The van der Waals surface area contributed by atoms with Crippen molar-refractivity contribution in [2.24, 2.45) is 11.5 Å². The van der Waals surface area contributed by atoms with Gasteiger partial charge in [0, 0.05) is 0 Å². The highest BCUT2D eigenvalue weighted by Gasteiger charge is 2.31. The number of halogens is 3. The number of sulfone groups is 1. The predicted molar refractivity (Wildman–Crippen MR) is 85.5 cm³/mol. The Hall–Kier alpha value is -1.81. The van der Waals surface area contributed by atoms with Crippen LogP contribution < -0.4 is 11.5 Å². The lowest BCUT2D eigenvalue weighted by Gasteiger charge is -2.17. The lowest BCUT2D eigenvalue weighted by molar-refractivity contribution is -0.137. The van der Waals surface area contributed by atoms with Gasteiger partial charge in [-0.05, 0) is 50.1 Å². The molecule has 0 aliphatic rings. The first kappa shape index (κ1) is 21.2. The Morgan fingerprint density at radius 2 is 1.72 bits per heavy atom. The highest BCUT2D eigenvalue weighted by molar-refractivity contribution is 7.91. The van der Waals surface area contributed by atoms with E-state index in [0.717, 1.165) is 25.0 Å². The molecular formula is C15H21F3N2O4S. The van der Waals surface area contributed by atoms with Crippen LogP contribution in [0.4, 0.5) is 18.0 Å². The van der Waals surface area contributed by atoms with Crippen LogP contribution in [0.5, 0.6) is 0 Å². The van der Waals surface area contributed by atoms with Crippen LogP contribution in [-0.4, -0.2) is 32.9 Å². The summed E-state index contributed by atoms with van der Waals surface area (Å²) in [5.41, 5.74) is 9.37. The summed E-state index contributed by atoms with van der Waals surface area (Å²) < 4.78 is 67.1. The maximum atomic E-state index is 12.5. The zero-order chi connectivity index (χ0) is 19.1. The smallest absolute Gasteiger partial charge is 0.416 e. The Balaban J connectivity index is 2.84. The molecule has 6 nitrogen and oxygen atoms in total. The summed E-state index contributed by atoms with van der Waals surface area (Å²) in [6.07, 6.45) is -4.30. The molecule has 142 valence electrons. The Labute approximate surface area is 144 Å². The lowest BCUT2D eigenvalue weighted by atomic mass is 10.1. The van der Waals surface area contributed by atoms with Crippen molar-refractivity contribution >= 4 is 15.9 Å². The maximum Gasteiger partial charge on any atom is 0.416 e. The van der Waals surface area contributed by atoms with E-state index in [1.54, 1.807) is 0 Å². The number of ether oxygens (including phenoxy) is 1. The summed E-state index contributed by atoms with van der Waals surface area (Å²) >= 11 is 0. The number of amides is 1. The summed E-state index contributed by atoms with van der Waals surface area (Å²) in [5, 5.41) is 0. The first-order valence-corrected chi connectivity index (χ1v) is 9.27. The van der Waals surface area contributed by atoms with Gasteiger partial charge in [-0.3, -0.25) is 0 Å². The average molecular weight is 382 g/mol. The van der Waals surface area contributed by atoms with Gasteiger partial charge in [0.05, 0.1) is 16.2 Å². The molecule has 0 aromatic heterocycles. The van der Waals surface area contributed by atoms with Gasteiger partial charge in [0.25, 0.3) is 0 Å². The molecule has 0 fully saturated rings. The quantitative estimate of drug-likeness (QED) is 0.637. The molecule has 0 saturated carbocycles. The second-order valence-corrected chi connectivity index (χ2v) is 7.53. The zero-order valence-corrected chi connectivity index (χ0v) is 14.3. The van der Waals surface area contributed by atoms with E-state index in [0.29, 0.717) is 25.1 Å². The predicted octanol–water partition coefficient (Wildman–Crippen LogP) is 2.46. The Morgan fingerprint density at radius 3 is 2.20 bits per heavy atom. The van der Waals surface area contributed by atoms with E-state index in [4.69, 9.17) is 16.2 Å². The van der Waals surface area contributed by atoms with E-state index in [9.17, 15) is 26.4 Å². The topological polar surface area (TPSA) is 112 Å². The van der Waals surface area contributed by atoms with E-state index < -0.39 is 39.5 Å². The molecule has 0 radical (unpaired) electrons. The van der Waals surface area contributed by atoms with Gasteiger partial charge in [-0.25, -0.2) is 13.2 Å². The maximum absolute atomic E-state index is 12.5. The molecule has 0 bridgehead atoms. The summed E-state index contributed by atoms with van der Waals surface area (Å²) in [6.45, 7) is 0.491. The molecule has 0 spiro atoms. The van der Waals surface area contributed by atoms with Crippen molar-refractivity contribution in [1.82, 2.24) is 0 Å². The molecule has 1 atom stereocenters. The summed E-state index contributed by atoms with van der Waals surface area (Å²) in [6, 6.07) is 3.15. The van der Waals surface area contributed by atoms with Crippen LogP contribution in [0.15, 0.2) is 29.2 Å². The van der Waals surface area contributed by atoms with Crippen LogP contribution in [-0.2, 0) is 20.8 Å². The van der Waals surface area contributed by atoms with Gasteiger partial charge in [-0.2, -0.15) is 13.2 Å². The third-order valence-electron chi connectivity index (χ3n) is 3.46. The fourth-order valence-electron chi connectivity index (χ4n) is 2.23. The van der Waals surface area contributed by atoms with Gasteiger partial charge >= 0.3 is 12.3 Å². The fraction of sp³-hybridized carbons (Fsp3) is 0.533. The van der Waals surface area contributed by atoms with Crippen molar-refractivity contribution in [1.29, 1.82) is 0 Å². The number of alkyl halides is 3. The lowest BCUT2D eigenvalue weighted by Crippen LogP contribution is -2.29. The van der Waals surface area contributed by atoms with Gasteiger partial charge in [0.2, 0.25) is 0 Å². The molecule has 0 aliphatic heterocycles. The van der Waals surface area contributed by atoms with E-state index in [-0.39, 0.29) is 11.3 Å². The monoisotopic (exact) mass is 382 g/mol. The number of benzene rings is 1. The Bertz CT molecular complexity index is 660. The zero-order valence-electron chi connectivity index (χ0n) is 13.5. The highest BCUT2D eigenvalue weighted by Crippen LogP contribution is 2.30. The fourth-order valence-corrected chi connectivity index (χ4v) is 3.69. The van der Waals surface area contributed by atoms with Crippen molar-refractivity contribution in [3.8, 4) is 0 Å². The molecular weight excluding hydrogens is 361 g/mol. The molecule has 25 heavy (non-hydrogen) atoms. The molecule has 10 heteroatoms. The van der Waals surface area contributed by atoms with Crippen molar-refractivity contribution < 1.29 is 31.1 Å². The van der Waals surface area contributed by atoms with Crippen LogP contribution in [0.25, 0.3) is 0 Å². The van der Waals surface area contributed by atoms with Gasteiger partial charge in [-0.15, -0.1) is 0 Å². The number of primary amides is 1. The van der Waals surface area contributed by atoms with E-state index >= 15 is 0 Å². The van der Waals surface area contributed by atoms with Crippen LogP contribution in [0.3, 0.4) is 0 Å². The van der Waals surface area contributed by atoms with Crippen LogP contribution in [0.1, 0.15) is 31.2 Å². The molecule has 1 rings (SSSR count). The molecule has 0 aliphatic carbocycles. The second kappa shape index (κ2) is 9.04. The Morgan fingerprint density at radius 1 is 1.12 bits per heavy atom. The normalized spacial score (nSPS) is 13.4. The molecule has 1 unspecified atom stereocenters. The first-order chi connectivity index (χ1) is 11.6. The van der Waals surface area contributed by atoms with E-state index in [1.165, 1.54) is 0 Å². The number of carbonyl (C=O) groups excluding carboxylic acids is 1. The first-order valence-electron chi connectivity index (χ1n) is 7.62. The van der Waals surface area contributed by atoms with Crippen LogP contribution in [0, 0.1) is 0 Å². The van der Waals surface area contributed by atoms with Crippen LogP contribution in [0.2, 0.25) is 0 Å². The summed E-state index contributed by atoms with van der Waals surface area (Å²) in [4.78, 5) is 10.7. The van der Waals surface area contributed by atoms with Crippen LogP contribution >= 0.6 is 0 Å². The van der Waals surface area contributed by atoms with Gasteiger partial charge in [-0.1, -0.05) is 6.42 Å². The number of hydrogen-bond acceptors (Lipinski definition) is 5. The minimum Gasteiger partial charge on any atom is -0.445 e. The minimum atomic E-state index is -4.55. The van der Waals surface area contributed by atoms with Gasteiger partial charge in [0.1, 0.15) is 6.10 Å². The molecule has 1 aromatic rings.